The fourth-order valence-electron chi connectivity index (χ4n) is 1.15. The summed E-state index contributed by atoms with van der Waals surface area (Å²) >= 11 is 1.64. The van der Waals surface area contributed by atoms with Crippen LogP contribution in [0.4, 0.5) is 5.69 Å². The molecule has 0 saturated carbocycles. The van der Waals surface area contributed by atoms with Crippen LogP contribution in [-0.4, -0.2) is 7.85 Å². The van der Waals surface area contributed by atoms with Crippen LogP contribution in [0, 0.1) is 0 Å². The van der Waals surface area contributed by atoms with Crippen LogP contribution in [0.15, 0.2) is 35.7 Å². The number of nitrogens with two attached hydrogens (primary N) is 1. The zero-order valence-corrected chi connectivity index (χ0v) is 7.84. The van der Waals surface area contributed by atoms with E-state index >= 15 is 0 Å². The molecule has 2 rings (SSSR count). The number of thiophene rings is 1. The van der Waals surface area contributed by atoms with Crippen LogP contribution in [0.3, 0.4) is 0 Å². The van der Waals surface area contributed by atoms with Crippen molar-refractivity contribution in [2.45, 2.75) is 0 Å². The fraction of sp³-hybridized carbons (Fsp3) is 0. The molecule has 0 saturated heterocycles. The quantitative estimate of drug-likeness (QED) is 0.531. The number of hydrogen-bond acceptors (Lipinski definition) is 2. The molecular formula is C10H8BNS. The first-order valence-electron chi connectivity index (χ1n) is 3.95. The van der Waals surface area contributed by atoms with Crippen LogP contribution >= 0.6 is 11.3 Å². The molecule has 62 valence electrons. The summed E-state index contributed by atoms with van der Waals surface area (Å²) in [6.45, 7) is 0. The minimum absolute atomic E-state index is 0.785. The highest BCUT2D eigenvalue weighted by atomic mass is 32.1. The highest BCUT2D eigenvalue weighted by Gasteiger charge is 1.98. The Labute approximate surface area is 82.6 Å². The molecule has 0 spiro atoms. The first-order chi connectivity index (χ1) is 6.25. The van der Waals surface area contributed by atoms with Gasteiger partial charge < -0.3 is 5.73 Å². The summed E-state index contributed by atoms with van der Waals surface area (Å²) in [5.41, 5.74) is 8.35. The second kappa shape index (κ2) is 3.26. The largest absolute Gasteiger partial charge is 0.399 e. The van der Waals surface area contributed by atoms with Crippen molar-refractivity contribution in [3.05, 3.63) is 35.7 Å². The molecule has 1 heterocycles. The van der Waals surface area contributed by atoms with Crippen LogP contribution in [0.2, 0.25) is 0 Å². The van der Waals surface area contributed by atoms with Crippen molar-refractivity contribution in [1.29, 1.82) is 0 Å². The van der Waals surface area contributed by atoms with Crippen molar-refractivity contribution in [3.63, 3.8) is 0 Å². The molecule has 0 atom stereocenters. The van der Waals surface area contributed by atoms with Gasteiger partial charge in [-0.15, -0.1) is 11.3 Å². The van der Waals surface area contributed by atoms with Gasteiger partial charge in [0.1, 0.15) is 7.85 Å². The highest BCUT2D eigenvalue weighted by Crippen LogP contribution is 2.23. The Morgan fingerprint density at radius 2 is 1.85 bits per heavy atom. The van der Waals surface area contributed by atoms with E-state index in [-0.39, 0.29) is 0 Å². The summed E-state index contributed by atoms with van der Waals surface area (Å²) in [7, 11) is 5.63. The normalized spacial score (nSPS) is 10.2. The molecule has 3 heteroatoms. The molecule has 1 nitrogen and oxygen atoms in total. The number of nitrogen functional groups attached to an aromatic ring is 1. The smallest absolute Gasteiger partial charge is 0.115 e. The number of rotatable bonds is 1. The Morgan fingerprint density at radius 1 is 1.15 bits per heavy atom. The number of benzene rings is 1. The van der Waals surface area contributed by atoms with E-state index in [0.717, 1.165) is 16.7 Å². The van der Waals surface area contributed by atoms with Gasteiger partial charge in [-0.1, -0.05) is 23.7 Å². The Kier molecular flexibility index (Phi) is 2.11. The molecule has 1 aromatic carbocycles. The maximum absolute atomic E-state index is 5.63. The van der Waals surface area contributed by atoms with E-state index in [9.17, 15) is 0 Å². The van der Waals surface area contributed by atoms with Gasteiger partial charge >= 0.3 is 0 Å². The van der Waals surface area contributed by atoms with Gasteiger partial charge in [-0.25, -0.2) is 0 Å². The lowest BCUT2D eigenvalue weighted by Gasteiger charge is -1.97. The predicted molar refractivity (Wildman–Crippen MR) is 59.6 cm³/mol. The summed E-state index contributed by atoms with van der Waals surface area (Å²) in [6, 6.07) is 9.76. The molecular weight excluding hydrogens is 177 g/mol. The maximum atomic E-state index is 5.63. The fourth-order valence-corrected chi connectivity index (χ4v) is 1.96. The van der Waals surface area contributed by atoms with Crippen LogP contribution < -0.4 is 11.2 Å². The Balaban J connectivity index is 2.41. The monoisotopic (exact) mass is 185 g/mol. The zero-order valence-electron chi connectivity index (χ0n) is 7.03. The summed E-state index contributed by atoms with van der Waals surface area (Å²) < 4.78 is 0. The summed E-state index contributed by atoms with van der Waals surface area (Å²) in [6.07, 6.45) is 0. The second-order valence-corrected chi connectivity index (χ2v) is 3.78. The van der Waals surface area contributed by atoms with Crippen molar-refractivity contribution in [2.75, 3.05) is 5.73 Å². The van der Waals surface area contributed by atoms with Crippen molar-refractivity contribution in [1.82, 2.24) is 0 Å². The topological polar surface area (TPSA) is 26.0 Å². The third-order valence-corrected chi connectivity index (χ3v) is 2.81. The lowest BCUT2D eigenvalue weighted by molar-refractivity contribution is 1.68. The van der Waals surface area contributed by atoms with Crippen LogP contribution in [0.1, 0.15) is 0 Å². The minimum Gasteiger partial charge on any atom is -0.399 e. The van der Waals surface area contributed by atoms with Crippen LogP contribution in [0.25, 0.3) is 10.4 Å². The van der Waals surface area contributed by atoms with Gasteiger partial charge in [-0.05, 0) is 23.1 Å². The Hall–Kier alpha value is -1.22. The second-order valence-electron chi connectivity index (χ2n) is 2.87. The predicted octanol–water partition coefficient (Wildman–Crippen LogP) is 1.79. The molecule has 0 unspecified atom stereocenters. The van der Waals surface area contributed by atoms with E-state index < -0.39 is 0 Å². The molecule has 0 aliphatic carbocycles. The van der Waals surface area contributed by atoms with Gasteiger partial charge in [-0.3, -0.25) is 0 Å². The van der Waals surface area contributed by atoms with Crippen molar-refractivity contribution in [2.24, 2.45) is 0 Å². The van der Waals surface area contributed by atoms with Crippen LogP contribution in [-0.2, 0) is 0 Å². The molecule has 0 bridgehead atoms. The molecule has 0 aliphatic rings. The zero-order chi connectivity index (χ0) is 9.26. The number of hydrogen-bond donors (Lipinski definition) is 1. The Morgan fingerprint density at radius 3 is 2.38 bits per heavy atom. The van der Waals surface area contributed by atoms with Crippen molar-refractivity contribution in [3.8, 4) is 10.4 Å². The lowest BCUT2D eigenvalue weighted by Crippen LogP contribution is -1.93. The SMILES string of the molecule is [B]c1csc(-c2ccc(N)cc2)c1. The highest BCUT2D eigenvalue weighted by molar-refractivity contribution is 7.14. The van der Waals surface area contributed by atoms with E-state index in [1.807, 2.05) is 35.7 Å². The minimum atomic E-state index is 0.785. The first kappa shape index (κ1) is 8.39. The third-order valence-electron chi connectivity index (χ3n) is 1.81. The third kappa shape index (κ3) is 1.75. The molecule has 1 aromatic heterocycles. The molecule has 0 amide bonds. The average molecular weight is 185 g/mol. The summed E-state index contributed by atoms with van der Waals surface area (Å²) in [5.74, 6) is 0. The first-order valence-corrected chi connectivity index (χ1v) is 4.83. The molecule has 0 fully saturated rings. The molecule has 2 N–H and O–H groups in total. The standard InChI is InChI=1S/C10H8BNS/c11-8-5-10(13-6-8)7-1-3-9(12)4-2-7/h1-6H,12H2. The van der Waals surface area contributed by atoms with Gasteiger partial charge in [0.2, 0.25) is 0 Å². The summed E-state index contributed by atoms with van der Waals surface area (Å²) in [5, 5.41) is 1.94. The van der Waals surface area contributed by atoms with Gasteiger partial charge in [0.15, 0.2) is 0 Å². The van der Waals surface area contributed by atoms with Crippen molar-refractivity contribution < 1.29 is 0 Å². The van der Waals surface area contributed by atoms with E-state index in [0.29, 0.717) is 0 Å². The molecule has 0 aliphatic heterocycles. The lowest BCUT2D eigenvalue weighted by atomic mass is 9.99. The Bertz CT molecular complexity index is 405. The van der Waals surface area contributed by atoms with Gasteiger partial charge in [0.05, 0.1) is 0 Å². The molecule has 13 heavy (non-hydrogen) atoms. The maximum Gasteiger partial charge on any atom is 0.115 e. The molecule has 2 aromatic rings. The van der Waals surface area contributed by atoms with E-state index in [1.165, 1.54) is 4.88 Å². The van der Waals surface area contributed by atoms with Gasteiger partial charge in [0.25, 0.3) is 0 Å². The van der Waals surface area contributed by atoms with E-state index in [4.69, 9.17) is 13.6 Å². The van der Waals surface area contributed by atoms with Crippen molar-refractivity contribution >= 4 is 30.3 Å². The van der Waals surface area contributed by atoms with E-state index in [2.05, 4.69) is 0 Å². The van der Waals surface area contributed by atoms with Gasteiger partial charge in [0, 0.05) is 10.6 Å². The summed E-state index contributed by atoms with van der Waals surface area (Å²) in [4.78, 5) is 1.18. The van der Waals surface area contributed by atoms with Crippen LogP contribution in [0.5, 0.6) is 0 Å². The van der Waals surface area contributed by atoms with Gasteiger partial charge in [-0.2, -0.15) is 0 Å². The molecule has 2 radical (unpaired) electrons. The number of anilines is 1. The average Bonchev–Trinajstić information content (AvgIpc) is 2.53. The van der Waals surface area contributed by atoms with E-state index in [1.54, 1.807) is 11.3 Å².